The Balaban J connectivity index is 1.38. The number of rotatable bonds is 5. The van der Waals surface area contributed by atoms with Crippen LogP contribution in [0.1, 0.15) is 40.5 Å². The molecule has 0 atom stereocenters. The van der Waals surface area contributed by atoms with E-state index in [-0.39, 0.29) is 11.9 Å². The van der Waals surface area contributed by atoms with E-state index in [4.69, 9.17) is 20.9 Å². The maximum atomic E-state index is 13.0. The van der Waals surface area contributed by atoms with Crippen molar-refractivity contribution in [1.29, 1.82) is 0 Å². The number of amides is 1. The molecule has 10 heteroatoms. The summed E-state index contributed by atoms with van der Waals surface area (Å²) >= 11 is 6.40. The number of aryl methyl sites for hydroxylation is 1. The molecule has 1 aromatic carbocycles. The van der Waals surface area contributed by atoms with E-state index in [1.807, 2.05) is 18.2 Å². The molecule has 1 fully saturated rings. The van der Waals surface area contributed by atoms with Crippen molar-refractivity contribution in [1.82, 2.24) is 25.0 Å². The monoisotopic (exact) mass is 440 g/mol. The molecule has 0 saturated carbocycles. The highest BCUT2D eigenvalue weighted by atomic mass is 35.5. The van der Waals surface area contributed by atoms with Crippen LogP contribution in [-0.4, -0.2) is 50.2 Å². The van der Waals surface area contributed by atoms with Gasteiger partial charge in [-0.15, -0.1) is 0 Å². The minimum absolute atomic E-state index is 0.0787. The molecule has 0 unspecified atom stereocenters. The van der Waals surface area contributed by atoms with Crippen LogP contribution >= 0.6 is 11.6 Å². The van der Waals surface area contributed by atoms with Gasteiger partial charge in [0.1, 0.15) is 0 Å². The van der Waals surface area contributed by atoms with Gasteiger partial charge in [0.15, 0.2) is 5.82 Å². The Morgan fingerprint density at radius 1 is 1.26 bits per heavy atom. The number of benzene rings is 1. The van der Waals surface area contributed by atoms with Gasteiger partial charge in [0.2, 0.25) is 11.8 Å². The lowest BCUT2D eigenvalue weighted by atomic mass is 10.0. The van der Waals surface area contributed by atoms with Crippen molar-refractivity contribution in [3.05, 3.63) is 52.3 Å². The van der Waals surface area contributed by atoms with Gasteiger partial charge in [-0.2, -0.15) is 4.98 Å². The smallest absolute Gasteiger partial charge is 0.254 e. The zero-order chi connectivity index (χ0) is 21.4. The van der Waals surface area contributed by atoms with E-state index in [9.17, 15) is 4.79 Å². The van der Waals surface area contributed by atoms with Crippen LogP contribution in [0.2, 0.25) is 5.02 Å². The third-order valence-corrected chi connectivity index (χ3v) is 5.74. The molecule has 4 heterocycles. The van der Waals surface area contributed by atoms with Crippen LogP contribution < -0.4 is 5.32 Å². The molecule has 2 aliphatic rings. The molecule has 0 spiro atoms. The zero-order valence-corrected chi connectivity index (χ0v) is 17.7. The Bertz CT molecular complexity index is 1130. The van der Waals surface area contributed by atoms with Crippen LogP contribution in [0, 0.1) is 6.92 Å². The Kier molecular flexibility index (Phi) is 5.29. The first kappa shape index (κ1) is 19.9. The number of ether oxygens (including phenoxy) is 1. The maximum Gasteiger partial charge on any atom is 0.254 e. The van der Waals surface area contributed by atoms with Crippen LogP contribution in [0.25, 0.3) is 11.3 Å². The van der Waals surface area contributed by atoms with Crippen molar-refractivity contribution in [3.8, 4) is 11.3 Å². The molecule has 31 heavy (non-hydrogen) atoms. The Hall–Kier alpha value is -3.04. The Labute approximate surface area is 183 Å². The second-order valence-electron chi connectivity index (χ2n) is 7.68. The number of nitrogens with one attached hydrogen (secondary N) is 1. The molecule has 3 aromatic rings. The molecule has 0 bridgehead atoms. The highest BCUT2D eigenvalue weighted by Gasteiger charge is 2.29. The first-order valence-electron chi connectivity index (χ1n) is 10.2. The van der Waals surface area contributed by atoms with E-state index < -0.39 is 0 Å². The van der Waals surface area contributed by atoms with Gasteiger partial charge < -0.3 is 19.5 Å². The van der Waals surface area contributed by atoms with E-state index in [2.05, 4.69) is 25.4 Å². The van der Waals surface area contributed by atoms with Gasteiger partial charge in [-0.3, -0.25) is 4.79 Å². The van der Waals surface area contributed by atoms with E-state index in [0.29, 0.717) is 47.0 Å². The van der Waals surface area contributed by atoms with E-state index in [0.717, 1.165) is 37.2 Å². The molecule has 9 nitrogen and oxygen atoms in total. The van der Waals surface area contributed by atoms with Crippen LogP contribution in [0.15, 0.2) is 28.9 Å². The van der Waals surface area contributed by atoms with Crippen molar-refractivity contribution in [2.45, 2.75) is 38.9 Å². The summed E-state index contributed by atoms with van der Waals surface area (Å²) in [5.41, 5.74) is 2.94. The molecule has 5 rings (SSSR count). The van der Waals surface area contributed by atoms with Crippen LogP contribution in [0.5, 0.6) is 0 Å². The fourth-order valence-electron chi connectivity index (χ4n) is 3.88. The molecule has 0 aliphatic carbocycles. The van der Waals surface area contributed by atoms with Crippen molar-refractivity contribution >= 4 is 23.5 Å². The highest BCUT2D eigenvalue weighted by Crippen LogP contribution is 2.32. The number of hydrogen-bond acceptors (Lipinski definition) is 8. The lowest BCUT2D eigenvalue weighted by Gasteiger charge is -2.23. The molecule has 1 saturated heterocycles. The molecule has 1 amide bonds. The average molecular weight is 441 g/mol. The quantitative estimate of drug-likeness (QED) is 0.644. The van der Waals surface area contributed by atoms with E-state index in [1.165, 1.54) is 0 Å². The van der Waals surface area contributed by atoms with E-state index in [1.54, 1.807) is 18.0 Å². The molecular weight excluding hydrogens is 420 g/mol. The molecule has 160 valence electrons. The van der Waals surface area contributed by atoms with Gasteiger partial charge in [-0.05, 0) is 24.5 Å². The summed E-state index contributed by atoms with van der Waals surface area (Å²) in [6.07, 6.45) is 3.40. The summed E-state index contributed by atoms with van der Waals surface area (Å²) in [5.74, 6) is 1.41. The lowest BCUT2D eigenvalue weighted by Crippen LogP contribution is -2.28. The maximum absolute atomic E-state index is 13.0. The summed E-state index contributed by atoms with van der Waals surface area (Å²) in [7, 11) is 0. The summed E-state index contributed by atoms with van der Waals surface area (Å²) < 4.78 is 10.4. The molecule has 2 aliphatic heterocycles. The van der Waals surface area contributed by atoms with Crippen molar-refractivity contribution in [3.63, 3.8) is 0 Å². The minimum atomic E-state index is -0.0787. The van der Waals surface area contributed by atoms with Gasteiger partial charge in [-0.25, -0.2) is 9.97 Å². The van der Waals surface area contributed by atoms with Crippen LogP contribution in [0.4, 0.5) is 5.95 Å². The number of aromatic nitrogens is 4. The SMILES string of the molecule is Cc1nc(CN2Cc3ccc(-c4nc(NC5CCOCC5)ncc4Cl)cc3C2=O)no1. The number of anilines is 1. The predicted octanol–water partition coefficient (Wildman–Crippen LogP) is 3.24. The topological polar surface area (TPSA) is 106 Å². The molecule has 1 N–H and O–H groups in total. The molecule has 2 aromatic heterocycles. The Morgan fingerprint density at radius 3 is 2.87 bits per heavy atom. The number of nitrogens with zero attached hydrogens (tertiary/aromatic N) is 5. The largest absolute Gasteiger partial charge is 0.381 e. The van der Waals surface area contributed by atoms with Gasteiger partial charge >= 0.3 is 0 Å². The predicted molar refractivity (Wildman–Crippen MR) is 113 cm³/mol. The Morgan fingerprint density at radius 2 is 2.10 bits per heavy atom. The summed E-state index contributed by atoms with van der Waals surface area (Å²) in [5, 5.41) is 7.67. The second kappa shape index (κ2) is 8.24. The number of carbonyl (C=O) groups is 1. The van der Waals surface area contributed by atoms with Gasteiger partial charge in [0.25, 0.3) is 5.91 Å². The van der Waals surface area contributed by atoms with Gasteiger partial charge in [-0.1, -0.05) is 28.9 Å². The zero-order valence-electron chi connectivity index (χ0n) is 17.0. The molecule has 0 radical (unpaired) electrons. The normalized spacial score (nSPS) is 16.6. The summed E-state index contributed by atoms with van der Waals surface area (Å²) in [6.45, 7) is 3.97. The third kappa shape index (κ3) is 4.11. The number of fused-ring (bicyclic) bond motifs is 1. The van der Waals surface area contributed by atoms with Crippen molar-refractivity contribution in [2.75, 3.05) is 18.5 Å². The number of carbonyl (C=O) groups excluding carboxylic acids is 1. The first-order valence-corrected chi connectivity index (χ1v) is 10.5. The minimum Gasteiger partial charge on any atom is -0.381 e. The van der Waals surface area contributed by atoms with Gasteiger partial charge in [0, 0.05) is 43.9 Å². The highest BCUT2D eigenvalue weighted by molar-refractivity contribution is 6.33. The van der Waals surface area contributed by atoms with E-state index >= 15 is 0 Å². The van der Waals surface area contributed by atoms with Crippen molar-refractivity contribution in [2.24, 2.45) is 0 Å². The standard InChI is InChI=1S/C21H21ClN6O3/c1-12-24-18(27-31-12)11-28-10-14-3-2-13(8-16(14)20(28)29)19-17(22)9-23-21(26-19)25-15-4-6-30-7-5-15/h2-3,8-9,15H,4-7,10-11H2,1H3,(H,23,25,26). The molecular formula is C21H21ClN6O3. The summed E-state index contributed by atoms with van der Waals surface area (Å²) in [6, 6.07) is 5.98. The first-order chi connectivity index (χ1) is 15.1. The second-order valence-corrected chi connectivity index (χ2v) is 8.09. The van der Waals surface area contributed by atoms with Crippen molar-refractivity contribution < 1.29 is 14.1 Å². The van der Waals surface area contributed by atoms with Crippen LogP contribution in [-0.2, 0) is 17.8 Å². The average Bonchev–Trinajstić information content (AvgIpc) is 3.33. The van der Waals surface area contributed by atoms with Gasteiger partial charge in [0.05, 0.1) is 23.5 Å². The third-order valence-electron chi connectivity index (χ3n) is 5.46. The fourth-order valence-corrected chi connectivity index (χ4v) is 4.08. The number of halogens is 1. The lowest BCUT2D eigenvalue weighted by molar-refractivity contribution is 0.0761. The fraction of sp³-hybridized carbons (Fsp3) is 0.381. The number of hydrogen-bond donors (Lipinski definition) is 1. The van der Waals surface area contributed by atoms with Crippen LogP contribution in [0.3, 0.4) is 0 Å². The summed E-state index contributed by atoms with van der Waals surface area (Å²) in [4.78, 5) is 27.8.